The minimum Gasteiger partial charge on any atom is -0.491 e. The molecule has 0 spiro atoms. The number of primary amides is 1. The highest BCUT2D eigenvalue weighted by Gasteiger charge is 2.14. The number of nitrogens with two attached hydrogens (primary N) is 1. The van der Waals surface area contributed by atoms with E-state index < -0.39 is 5.91 Å². The molecule has 28 heavy (non-hydrogen) atoms. The van der Waals surface area contributed by atoms with Gasteiger partial charge in [0.15, 0.2) is 0 Å². The number of para-hydroxylation sites is 2. The molecule has 2 amide bonds. The third kappa shape index (κ3) is 3.53. The number of hydrogen-bond acceptors (Lipinski definition) is 3. The molecule has 140 valence electrons. The number of benzene rings is 3. The zero-order chi connectivity index (χ0) is 19.5. The van der Waals surface area contributed by atoms with Crippen LogP contribution in [0.5, 0.6) is 5.75 Å². The Morgan fingerprint density at radius 2 is 1.75 bits per heavy atom. The summed E-state index contributed by atoms with van der Waals surface area (Å²) in [6.07, 6.45) is 0.109. The van der Waals surface area contributed by atoms with Crippen LogP contribution in [0.25, 0.3) is 21.7 Å². The van der Waals surface area contributed by atoms with Gasteiger partial charge in [0.25, 0.3) is 5.91 Å². The summed E-state index contributed by atoms with van der Waals surface area (Å²) in [6.45, 7) is 0.153. The van der Waals surface area contributed by atoms with Crippen molar-refractivity contribution in [2.45, 2.75) is 6.42 Å². The maximum Gasteiger partial charge on any atom is 0.272 e. The number of nitrogens with one attached hydrogen (secondary N) is 2. The Labute approximate surface area is 161 Å². The first kappa shape index (κ1) is 17.6. The monoisotopic (exact) mass is 373 g/mol. The highest BCUT2D eigenvalue weighted by atomic mass is 16.5. The van der Waals surface area contributed by atoms with Gasteiger partial charge in [0.2, 0.25) is 5.91 Å². The Kier molecular flexibility index (Phi) is 4.68. The van der Waals surface area contributed by atoms with E-state index in [1.54, 1.807) is 24.3 Å². The average molecular weight is 373 g/mol. The van der Waals surface area contributed by atoms with Gasteiger partial charge in [0, 0.05) is 10.9 Å². The molecule has 0 unspecified atom stereocenters. The van der Waals surface area contributed by atoms with Crippen LogP contribution in [0.4, 0.5) is 5.69 Å². The number of H-pyrrole nitrogens is 1. The fourth-order valence-electron chi connectivity index (χ4n) is 3.15. The standard InChI is InChI=1S/C22H19N3O3/c23-21(26)11-12-28-20-8-4-3-7-18(20)25-22(27)19-13-16-15-6-2-1-5-14(15)9-10-17(16)24-19/h1-10,13,24H,11-12H2,(H2,23,26)(H,25,27). The van der Waals surface area contributed by atoms with E-state index in [-0.39, 0.29) is 18.9 Å². The number of hydrogen-bond donors (Lipinski definition) is 3. The smallest absolute Gasteiger partial charge is 0.272 e. The summed E-state index contributed by atoms with van der Waals surface area (Å²) in [5, 5.41) is 6.07. The van der Waals surface area contributed by atoms with Crippen LogP contribution in [-0.4, -0.2) is 23.4 Å². The number of carbonyl (C=O) groups excluding carboxylic acids is 2. The quantitative estimate of drug-likeness (QED) is 0.479. The lowest BCUT2D eigenvalue weighted by molar-refractivity contribution is -0.118. The van der Waals surface area contributed by atoms with Crippen LogP contribution in [0.2, 0.25) is 0 Å². The van der Waals surface area contributed by atoms with Gasteiger partial charge in [-0.1, -0.05) is 42.5 Å². The van der Waals surface area contributed by atoms with Gasteiger partial charge in [-0.3, -0.25) is 9.59 Å². The first-order valence-corrected chi connectivity index (χ1v) is 8.94. The average Bonchev–Trinajstić information content (AvgIpc) is 3.14. The largest absolute Gasteiger partial charge is 0.491 e. The molecule has 0 saturated carbocycles. The van der Waals surface area contributed by atoms with Gasteiger partial charge < -0.3 is 20.8 Å². The summed E-state index contributed by atoms with van der Waals surface area (Å²) in [5.41, 5.74) is 7.02. The van der Waals surface area contributed by atoms with Gasteiger partial charge in [-0.2, -0.15) is 0 Å². The van der Waals surface area contributed by atoms with Gasteiger partial charge >= 0.3 is 0 Å². The van der Waals surface area contributed by atoms with Crippen molar-refractivity contribution in [2.24, 2.45) is 5.73 Å². The third-order valence-corrected chi connectivity index (χ3v) is 4.51. The second kappa shape index (κ2) is 7.44. The number of anilines is 1. The molecule has 0 saturated heterocycles. The number of amides is 2. The van der Waals surface area contributed by atoms with E-state index >= 15 is 0 Å². The van der Waals surface area contributed by atoms with Gasteiger partial charge in [0.05, 0.1) is 18.7 Å². The normalized spacial score (nSPS) is 10.9. The molecule has 6 nitrogen and oxygen atoms in total. The zero-order valence-electron chi connectivity index (χ0n) is 15.1. The summed E-state index contributed by atoms with van der Waals surface area (Å²) in [6, 6.07) is 21.0. The minimum atomic E-state index is -0.438. The first-order valence-electron chi connectivity index (χ1n) is 8.94. The Bertz CT molecular complexity index is 1180. The van der Waals surface area contributed by atoms with Crippen LogP contribution in [0.3, 0.4) is 0 Å². The van der Waals surface area contributed by atoms with E-state index in [0.29, 0.717) is 17.1 Å². The Hall–Kier alpha value is -3.80. The van der Waals surface area contributed by atoms with Crippen LogP contribution >= 0.6 is 0 Å². The first-order chi connectivity index (χ1) is 13.6. The number of aromatic amines is 1. The fourth-order valence-corrected chi connectivity index (χ4v) is 3.15. The lowest BCUT2D eigenvalue weighted by atomic mass is 10.1. The van der Waals surface area contributed by atoms with Crippen molar-refractivity contribution in [3.8, 4) is 5.75 Å². The summed E-state index contributed by atoms with van der Waals surface area (Å²) in [5.74, 6) is -0.225. The molecule has 4 N–H and O–H groups in total. The maximum atomic E-state index is 12.8. The Morgan fingerprint density at radius 1 is 0.964 bits per heavy atom. The van der Waals surface area contributed by atoms with Crippen molar-refractivity contribution >= 4 is 39.2 Å². The fraction of sp³-hybridized carbons (Fsp3) is 0.0909. The molecule has 1 aromatic heterocycles. The number of aromatic nitrogens is 1. The molecule has 0 bridgehead atoms. The van der Waals surface area contributed by atoms with E-state index in [1.165, 1.54) is 0 Å². The van der Waals surface area contributed by atoms with Crippen molar-refractivity contribution < 1.29 is 14.3 Å². The van der Waals surface area contributed by atoms with E-state index in [9.17, 15) is 9.59 Å². The van der Waals surface area contributed by atoms with Crippen LogP contribution < -0.4 is 15.8 Å². The lowest BCUT2D eigenvalue weighted by Gasteiger charge is -2.11. The number of rotatable bonds is 6. The van der Waals surface area contributed by atoms with Crippen molar-refractivity contribution in [2.75, 3.05) is 11.9 Å². The summed E-state index contributed by atoms with van der Waals surface area (Å²) in [4.78, 5) is 26.8. The second-order valence-electron chi connectivity index (χ2n) is 6.45. The molecular formula is C22H19N3O3. The van der Waals surface area contributed by atoms with Crippen LogP contribution in [0, 0.1) is 0 Å². The molecule has 0 aliphatic heterocycles. The topological polar surface area (TPSA) is 97.2 Å². The summed E-state index contributed by atoms with van der Waals surface area (Å²) in [7, 11) is 0. The molecular weight excluding hydrogens is 354 g/mol. The lowest BCUT2D eigenvalue weighted by Crippen LogP contribution is -2.16. The van der Waals surface area contributed by atoms with Crippen LogP contribution in [0.1, 0.15) is 16.9 Å². The van der Waals surface area contributed by atoms with Gasteiger partial charge in [0.1, 0.15) is 11.4 Å². The Morgan fingerprint density at radius 3 is 2.61 bits per heavy atom. The van der Waals surface area contributed by atoms with Crippen molar-refractivity contribution in [1.29, 1.82) is 0 Å². The van der Waals surface area contributed by atoms with E-state index in [1.807, 2.05) is 42.5 Å². The molecule has 0 atom stereocenters. The van der Waals surface area contributed by atoms with Crippen molar-refractivity contribution in [1.82, 2.24) is 4.98 Å². The van der Waals surface area contributed by atoms with E-state index in [2.05, 4.69) is 10.3 Å². The van der Waals surface area contributed by atoms with Crippen molar-refractivity contribution in [3.05, 3.63) is 72.4 Å². The molecule has 3 aromatic carbocycles. The molecule has 0 fully saturated rings. The van der Waals surface area contributed by atoms with E-state index in [0.717, 1.165) is 21.7 Å². The van der Waals surface area contributed by atoms with Crippen molar-refractivity contribution in [3.63, 3.8) is 0 Å². The molecule has 4 rings (SSSR count). The van der Waals surface area contributed by atoms with Gasteiger partial charge in [-0.05, 0) is 35.0 Å². The molecule has 1 heterocycles. The predicted molar refractivity (Wildman–Crippen MR) is 110 cm³/mol. The van der Waals surface area contributed by atoms with Crippen LogP contribution in [0.15, 0.2) is 66.7 Å². The maximum absolute atomic E-state index is 12.8. The van der Waals surface area contributed by atoms with Gasteiger partial charge in [-0.25, -0.2) is 0 Å². The molecule has 0 aliphatic carbocycles. The summed E-state index contributed by atoms with van der Waals surface area (Å²) >= 11 is 0. The summed E-state index contributed by atoms with van der Waals surface area (Å²) < 4.78 is 5.58. The minimum absolute atomic E-state index is 0.109. The number of ether oxygens (including phenoxy) is 1. The predicted octanol–water partition coefficient (Wildman–Crippen LogP) is 3.83. The molecule has 6 heteroatoms. The molecule has 0 radical (unpaired) electrons. The highest BCUT2D eigenvalue weighted by molar-refractivity contribution is 6.12. The highest BCUT2D eigenvalue weighted by Crippen LogP contribution is 2.28. The number of carbonyl (C=O) groups is 2. The molecule has 0 aliphatic rings. The zero-order valence-corrected chi connectivity index (χ0v) is 15.1. The number of fused-ring (bicyclic) bond motifs is 3. The molecule has 4 aromatic rings. The second-order valence-corrected chi connectivity index (χ2v) is 6.45. The van der Waals surface area contributed by atoms with E-state index in [4.69, 9.17) is 10.5 Å². The SMILES string of the molecule is NC(=O)CCOc1ccccc1NC(=O)c1cc2c(ccc3ccccc32)[nH]1. The van der Waals surface area contributed by atoms with Crippen LogP contribution in [-0.2, 0) is 4.79 Å². The third-order valence-electron chi connectivity index (χ3n) is 4.51. The Balaban J connectivity index is 1.59. The van der Waals surface area contributed by atoms with Gasteiger partial charge in [-0.15, -0.1) is 0 Å².